The van der Waals surface area contributed by atoms with Crippen LogP contribution in [0.2, 0.25) is 0 Å². The van der Waals surface area contributed by atoms with Gasteiger partial charge < -0.3 is 10.3 Å². The van der Waals surface area contributed by atoms with E-state index in [0.717, 1.165) is 5.56 Å². The maximum Gasteiger partial charge on any atom is 0.233 e. The first-order chi connectivity index (χ1) is 8.56. The lowest BCUT2D eigenvalue weighted by molar-refractivity contribution is 0.311. The van der Waals surface area contributed by atoms with Crippen LogP contribution in [0.3, 0.4) is 0 Å². The summed E-state index contributed by atoms with van der Waals surface area (Å²) >= 11 is 1.70. The number of thioether (sulfide) groups is 1. The molecule has 1 heterocycles. The Hall–Kier alpha value is -1.33. The van der Waals surface area contributed by atoms with Gasteiger partial charge >= 0.3 is 0 Å². The molecule has 0 aliphatic rings. The van der Waals surface area contributed by atoms with E-state index in [0.29, 0.717) is 18.3 Å². The van der Waals surface area contributed by atoms with E-state index >= 15 is 0 Å². The van der Waals surface area contributed by atoms with E-state index in [1.165, 1.54) is 4.90 Å². The Kier molecular flexibility index (Phi) is 3.73. The summed E-state index contributed by atoms with van der Waals surface area (Å²) in [7, 11) is 0. The van der Waals surface area contributed by atoms with E-state index < -0.39 is 0 Å². The quantitative estimate of drug-likeness (QED) is 0.859. The number of hydrogen-bond donors (Lipinski definition) is 1. The number of nitrogens with two attached hydrogens (primary N) is 1. The molecule has 0 bridgehead atoms. The average Bonchev–Trinajstić information content (AvgIpc) is 2.89. The zero-order valence-electron chi connectivity index (χ0n) is 10.8. The smallest absolute Gasteiger partial charge is 0.233 e. The van der Waals surface area contributed by atoms with Crippen LogP contribution >= 0.6 is 11.8 Å². The topological polar surface area (TPSA) is 64.9 Å². The summed E-state index contributed by atoms with van der Waals surface area (Å²) in [6, 6.07) is 8.08. The highest BCUT2D eigenvalue weighted by Crippen LogP contribution is 2.25. The highest BCUT2D eigenvalue weighted by atomic mass is 32.2. The second-order valence-corrected chi connectivity index (χ2v) is 5.62. The maximum absolute atomic E-state index is 5.69. The molecule has 0 aliphatic carbocycles. The number of benzene rings is 1. The lowest BCUT2D eigenvalue weighted by Gasteiger charge is -2.15. The summed E-state index contributed by atoms with van der Waals surface area (Å²) in [6.45, 7) is 4.45. The average molecular weight is 263 g/mol. The van der Waals surface area contributed by atoms with Gasteiger partial charge in [0.15, 0.2) is 0 Å². The van der Waals surface area contributed by atoms with Crippen LogP contribution in [0.5, 0.6) is 0 Å². The molecular weight excluding hydrogens is 246 g/mol. The van der Waals surface area contributed by atoms with Crippen LogP contribution in [-0.4, -0.2) is 22.9 Å². The Labute approximate surface area is 111 Å². The third-order valence-corrected chi connectivity index (χ3v) is 3.61. The Morgan fingerprint density at radius 2 is 1.94 bits per heavy atom. The number of rotatable bonds is 4. The number of nitrogens with zero attached hydrogens (tertiary/aromatic N) is 2. The van der Waals surface area contributed by atoms with Crippen molar-refractivity contribution >= 4 is 11.8 Å². The van der Waals surface area contributed by atoms with E-state index in [9.17, 15) is 0 Å². The van der Waals surface area contributed by atoms with Crippen LogP contribution in [0.25, 0.3) is 11.4 Å². The van der Waals surface area contributed by atoms with E-state index in [4.69, 9.17) is 10.3 Å². The molecule has 0 aliphatic heterocycles. The molecule has 0 saturated carbocycles. The lowest BCUT2D eigenvalue weighted by atomic mass is 9.94. The Balaban J connectivity index is 2.29. The predicted molar refractivity (Wildman–Crippen MR) is 73.6 cm³/mol. The molecular formula is C13H17N3OS. The summed E-state index contributed by atoms with van der Waals surface area (Å²) in [5, 5.41) is 4.01. The SMILES string of the molecule is CSc1ccc(-c2noc(C(C)(C)CN)n2)cc1. The Morgan fingerprint density at radius 3 is 2.50 bits per heavy atom. The van der Waals surface area contributed by atoms with E-state index in [1.807, 2.05) is 44.4 Å². The van der Waals surface area contributed by atoms with Crippen LogP contribution < -0.4 is 5.73 Å². The standard InChI is InChI=1S/C13H17N3OS/c1-13(2,8-14)12-15-11(16-17-12)9-4-6-10(18-3)7-5-9/h4-7H,8,14H2,1-3H3. The minimum Gasteiger partial charge on any atom is -0.338 e. The summed E-state index contributed by atoms with van der Waals surface area (Å²) in [5.41, 5.74) is 6.36. The molecule has 18 heavy (non-hydrogen) atoms. The summed E-state index contributed by atoms with van der Waals surface area (Å²) in [6.07, 6.45) is 2.05. The molecule has 2 N–H and O–H groups in total. The molecule has 0 fully saturated rings. The van der Waals surface area contributed by atoms with Crippen molar-refractivity contribution in [3.63, 3.8) is 0 Å². The van der Waals surface area contributed by atoms with Crippen molar-refractivity contribution in [2.45, 2.75) is 24.2 Å². The predicted octanol–water partition coefficient (Wildman–Crippen LogP) is 2.69. The van der Waals surface area contributed by atoms with Crippen molar-refractivity contribution < 1.29 is 4.52 Å². The monoisotopic (exact) mass is 263 g/mol. The third-order valence-electron chi connectivity index (χ3n) is 2.86. The molecule has 1 aromatic heterocycles. The van der Waals surface area contributed by atoms with Gasteiger partial charge in [0.2, 0.25) is 11.7 Å². The van der Waals surface area contributed by atoms with Crippen LogP contribution in [0, 0.1) is 0 Å². The first-order valence-corrected chi connectivity index (χ1v) is 6.98. The fraction of sp³-hybridized carbons (Fsp3) is 0.385. The lowest BCUT2D eigenvalue weighted by Crippen LogP contribution is -2.28. The number of aromatic nitrogens is 2. The van der Waals surface area contributed by atoms with Crippen LogP contribution in [0.4, 0.5) is 0 Å². The zero-order valence-corrected chi connectivity index (χ0v) is 11.6. The van der Waals surface area contributed by atoms with Gasteiger partial charge in [-0.05, 0) is 44.4 Å². The molecule has 1 aromatic carbocycles. The van der Waals surface area contributed by atoms with Gasteiger partial charge in [-0.2, -0.15) is 4.98 Å². The molecule has 2 rings (SSSR count). The molecule has 0 atom stereocenters. The van der Waals surface area contributed by atoms with Gasteiger partial charge in [-0.1, -0.05) is 5.16 Å². The van der Waals surface area contributed by atoms with Gasteiger partial charge in [-0.15, -0.1) is 11.8 Å². The first kappa shape index (κ1) is 13.1. The van der Waals surface area contributed by atoms with Gasteiger partial charge in [0.25, 0.3) is 0 Å². The van der Waals surface area contributed by atoms with Crippen LogP contribution in [0.1, 0.15) is 19.7 Å². The van der Waals surface area contributed by atoms with Gasteiger partial charge in [-0.3, -0.25) is 0 Å². The van der Waals surface area contributed by atoms with Crippen LogP contribution in [-0.2, 0) is 5.41 Å². The highest BCUT2D eigenvalue weighted by molar-refractivity contribution is 7.98. The summed E-state index contributed by atoms with van der Waals surface area (Å²) in [4.78, 5) is 5.63. The molecule has 0 saturated heterocycles. The highest BCUT2D eigenvalue weighted by Gasteiger charge is 2.26. The van der Waals surface area contributed by atoms with Crippen molar-refractivity contribution in [1.82, 2.24) is 10.1 Å². The van der Waals surface area contributed by atoms with E-state index in [2.05, 4.69) is 10.1 Å². The minimum absolute atomic E-state index is 0.287. The molecule has 0 spiro atoms. The fourth-order valence-corrected chi connectivity index (χ4v) is 1.85. The van der Waals surface area contributed by atoms with Gasteiger partial charge in [0, 0.05) is 17.0 Å². The molecule has 0 amide bonds. The first-order valence-electron chi connectivity index (χ1n) is 5.75. The molecule has 4 nitrogen and oxygen atoms in total. The van der Waals surface area contributed by atoms with Crippen molar-refractivity contribution in [3.05, 3.63) is 30.2 Å². The molecule has 2 aromatic rings. The normalized spacial score (nSPS) is 11.8. The van der Waals surface area contributed by atoms with Crippen LogP contribution in [0.15, 0.2) is 33.7 Å². The third kappa shape index (κ3) is 2.57. The van der Waals surface area contributed by atoms with Crippen molar-refractivity contribution in [1.29, 1.82) is 0 Å². The fourth-order valence-electron chi connectivity index (χ4n) is 1.44. The minimum atomic E-state index is -0.287. The van der Waals surface area contributed by atoms with Crippen molar-refractivity contribution in [2.24, 2.45) is 5.73 Å². The second kappa shape index (κ2) is 5.12. The summed E-state index contributed by atoms with van der Waals surface area (Å²) < 4.78 is 5.28. The van der Waals surface area contributed by atoms with Crippen molar-refractivity contribution in [3.8, 4) is 11.4 Å². The van der Waals surface area contributed by atoms with Crippen molar-refractivity contribution in [2.75, 3.05) is 12.8 Å². The molecule has 5 heteroatoms. The molecule has 96 valence electrons. The van der Waals surface area contributed by atoms with E-state index in [1.54, 1.807) is 11.8 Å². The second-order valence-electron chi connectivity index (χ2n) is 4.74. The largest absolute Gasteiger partial charge is 0.338 e. The van der Waals surface area contributed by atoms with E-state index in [-0.39, 0.29) is 5.41 Å². The molecule has 0 radical (unpaired) electrons. The van der Waals surface area contributed by atoms with Gasteiger partial charge in [-0.25, -0.2) is 0 Å². The Morgan fingerprint density at radius 1 is 1.28 bits per heavy atom. The summed E-state index contributed by atoms with van der Waals surface area (Å²) in [5.74, 6) is 1.19. The Bertz CT molecular complexity index is 519. The maximum atomic E-state index is 5.69. The molecule has 0 unspecified atom stereocenters. The zero-order chi connectivity index (χ0) is 13.2. The van der Waals surface area contributed by atoms with Gasteiger partial charge in [0.05, 0.1) is 5.41 Å². The number of hydrogen-bond acceptors (Lipinski definition) is 5. The van der Waals surface area contributed by atoms with Gasteiger partial charge in [0.1, 0.15) is 0 Å².